The number of nitrogens with zero attached hydrogens (tertiary/aromatic N) is 2. The van der Waals surface area contributed by atoms with Gasteiger partial charge < -0.3 is 15.0 Å². The van der Waals surface area contributed by atoms with Crippen molar-refractivity contribution in [3.63, 3.8) is 0 Å². The second kappa shape index (κ2) is 10.1. The molecule has 0 radical (unpaired) electrons. The Balaban J connectivity index is 1.77. The van der Waals surface area contributed by atoms with Crippen LogP contribution < -0.4 is 5.32 Å². The standard InChI is InChI=1S/C26H31N3O5/c1-17(29-23(31)20-13-9-10-14-21(20)24(29)32)15-28(16-22(30)34-26(3,4)5)25(33)27-18(2)19-11-7-6-8-12-19/h6-14,17-18H,15-16H2,1-5H3,(H,27,33)/t17-,18+/m1/s1. The Bertz CT molecular complexity index is 1040. The molecule has 2 atom stereocenters. The highest BCUT2D eigenvalue weighted by Crippen LogP contribution is 2.25. The van der Waals surface area contributed by atoms with Crippen LogP contribution in [0.25, 0.3) is 0 Å². The Morgan fingerprint density at radius 3 is 2.00 bits per heavy atom. The maximum atomic E-state index is 13.2. The molecule has 1 heterocycles. The average molecular weight is 466 g/mol. The van der Waals surface area contributed by atoms with E-state index in [1.54, 1.807) is 52.0 Å². The molecule has 0 bridgehead atoms. The van der Waals surface area contributed by atoms with Crippen molar-refractivity contribution in [2.45, 2.75) is 52.3 Å². The maximum absolute atomic E-state index is 13.2. The lowest BCUT2D eigenvalue weighted by Gasteiger charge is -2.31. The smallest absolute Gasteiger partial charge is 0.326 e. The molecule has 34 heavy (non-hydrogen) atoms. The van der Waals surface area contributed by atoms with Gasteiger partial charge in [-0.1, -0.05) is 42.5 Å². The summed E-state index contributed by atoms with van der Waals surface area (Å²) in [6.07, 6.45) is 0. The number of benzene rings is 2. The summed E-state index contributed by atoms with van der Waals surface area (Å²) in [6.45, 7) is 8.40. The first-order valence-electron chi connectivity index (χ1n) is 11.3. The number of nitrogens with one attached hydrogen (secondary N) is 1. The number of carbonyl (C=O) groups excluding carboxylic acids is 4. The second-order valence-corrected chi connectivity index (χ2v) is 9.42. The van der Waals surface area contributed by atoms with Gasteiger partial charge in [-0.05, 0) is 52.3 Å². The van der Waals surface area contributed by atoms with Crippen LogP contribution in [0, 0.1) is 0 Å². The first kappa shape index (κ1) is 25.0. The molecule has 0 fully saturated rings. The van der Waals surface area contributed by atoms with Gasteiger partial charge in [-0.2, -0.15) is 0 Å². The molecule has 8 nitrogen and oxygen atoms in total. The Kier molecular flexibility index (Phi) is 7.39. The van der Waals surface area contributed by atoms with E-state index in [9.17, 15) is 19.2 Å². The summed E-state index contributed by atoms with van der Waals surface area (Å²) >= 11 is 0. The number of urea groups is 1. The minimum Gasteiger partial charge on any atom is -0.459 e. The van der Waals surface area contributed by atoms with Crippen LogP contribution in [0.3, 0.4) is 0 Å². The van der Waals surface area contributed by atoms with Crippen LogP contribution in [0.1, 0.15) is 66.9 Å². The Morgan fingerprint density at radius 2 is 1.47 bits per heavy atom. The summed E-state index contributed by atoms with van der Waals surface area (Å²) in [5.41, 5.74) is 0.854. The molecule has 0 unspecified atom stereocenters. The van der Waals surface area contributed by atoms with Crippen molar-refractivity contribution in [3.05, 3.63) is 71.3 Å². The van der Waals surface area contributed by atoms with Gasteiger partial charge in [0.05, 0.1) is 23.2 Å². The van der Waals surface area contributed by atoms with Crippen molar-refractivity contribution in [1.82, 2.24) is 15.1 Å². The lowest BCUT2D eigenvalue weighted by Crippen LogP contribution is -2.51. The van der Waals surface area contributed by atoms with Crippen LogP contribution >= 0.6 is 0 Å². The molecule has 1 N–H and O–H groups in total. The third kappa shape index (κ3) is 5.81. The average Bonchev–Trinajstić information content (AvgIpc) is 3.03. The van der Waals surface area contributed by atoms with Gasteiger partial charge in [-0.15, -0.1) is 0 Å². The van der Waals surface area contributed by atoms with E-state index in [2.05, 4.69) is 5.32 Å². The van der Waals surface area contributed by atoms with Gasteiger partial charge in [0.15, 0.2) is 0 Å². The summed E-state index contributed by atoms with van der Waals surface area (Å²) in [6, 6.07) is 14.6. The molecule has 1 aliphatic rings. The van der Waals surface area contributed by atoms with Crippen molar-refractivity contribution in [3.8, 4) is 0 Å². The summed E-state index contributed by atoms with van der Waals surface area (Å²) in [5.74, 6) is -1.41. The van der Waals surface area contributed by atoms with Gasteiger partial charge in [0, 0.05) is 6.54 Å². The minimum absolute atomic E-state index is 0.0297. The zero-order valence-electron chi connectivity index (χ0n) is 20.2. The third-order valence-electron chi connectivity index (χ3n) is 5.42. The predicted molar refractivity (Wildman–Crippen MR) is 127 cm³/mol. The van der Waals surface area contributed by atoms with Crippen molar-refractivity contribution >= 4 is 23.8 Å². The number of hydrogen-bond donors (Lipinski definition) is 1. The lowest BCUT2D eigenvalue weighted by molar-refractivity contribution is -0.155. The number of rotatable bonds is 7. The van der Waals surface area contributed by atoms with Gasteiger partial charge in [-0.3, -0.25) is 19.3 Å². The Hall–Kier alpha value is -3.68. The predicted octanol–water partition coefficient (Wildman–Crippen LogP) is 3.79. The second-order valence-electron chi connectivity index (χ2n) is 9.42. The fraction of sp³-hybridized carbons (Fsp3) is 0.385. The molecule has 2 aromatic rings. The number of esters is 1. The molecule has 2 aromatic carbocycles. The lowest BCUT2D eigenvalue weighted by atomic mass is 10.1. The van der Waals surface area contributed by atoms with E-state index in [4.69, 9.17) is 4.74 Å². The summed E-state index contributed by atoms with van der Waals surface area (Å²) in [7, 11) is 0. The topological polar surface area (TPSA) is 96.0 Å². The van der Waals surface area contributed by atoms with E-state index >= 15 is 0 Å². The highest BCUT2D eigenvalue weighted by Gasteiger charge is 2.39. The number of hydrogen-bond acceptors (Lipinski definition) is 5. The van der Waals surface area contributed by atoms with Gasteiger partial charge in [0.1, 0.15) is 12.1 Å². The molecule has 8 heteroatoms. The molecule has 3 rings (SSSR count). The van der Waals surface area contributed by atoms with E-state index in [-0.39, 0.29) is 19.1 Å². The molecule has 0 aromatic heterocycles. The van der Waals surface area contributed by atoms with Crippen LogP contribution in [0.4, 0.5) is 4.79 Å². The molecule has 0 saturated carbocycles. The zero-order valence-corrected chi connectivity index (χ0v) is 20.2. The molecule has 0 aliphatic carbocycles. The number of imide groups is 1. The van der Waals surface area contributed by atoms with Gasteiger partial charge in [0.2, 0.25) is 0 Å². The molecule has 4 amide bonds. The Morgan fingerprint density at radius 1 is 0.941 bits per heavy atom. The van der Waals surface area contributed by atoms with Gasteiger partial charge in [-0.25, -0.2) is 4.79 Å². The fourth-order valence-electron chi connectivity index (χ4n) is 3.86. The van der Waals surface area contributed by atoms with Crippen molar-refractivity contribution in [1.29, 1.82) is 0 Å². The third-order valence-corrected chi connectivity index (χ3v) is 5.42. The van der Waals surface area contributed by atoms with Crippen molar-refractivity contribution in [2.75, 3.05) is 13.1 Å². The first-order valence-corrected chi connectivity index (χ1v) is 11.3. The van der Waals surface area contributed by atoms with E-state index in [0.717, 1.165) is 10.5 Å². The maximum Gasteiger partial charge on any atom is 0.326 e. The van der Waals surface area contributed by atoms with Crippen LogP contribution in [0.15, 0.2) is 54.6 Å². The quantitative estimate of drug-likeness (QED) is 0.496. The van der Waals surface area contributed by atoms with Gasteiger partial charge in [0.25, 0.3) is 11.8 Å². The van der Waals surface area contributed by atoms with E-state index in [1.165, 1.54) is 4.90 Å². The number of carbonyl (C=O) groups is 4. The largest absolute Gasteiger partial charge is 0.459 e. The van der Waals surface area contributed by atoms with E-state index in [0.29, 0.717) is 11.1 Å². The SMILES string of the molecule is C[C@H](NC(=O)N(CC(=O)OC(C)(C)C)C[C@@H](C)N1C(=O)c2ccccc2C1=O)c1ccccc1. The molecule has 0 spiro atoms. The number of amides is 4. The van der Waals surface area contributed by atoms with Crippen molar-refractivity contribution in [2.24, 2.45) is 0 Å². The fourth-order valence-corrected chi connectivity index (χ4v) is 3.86. The van der Waals surface area contributed by atoms with Crippen LogP contribution in [-0.2, 0) is 9.53 Å². The summed E-state index contributed by atoms with van der Waals surface area (Å²) < 4.78 is 5.40. The normalized spacial score (nSPS) is 14.9. The highest BCUT2D eigenvalue weighted by molar-refractivity contribution is 6.21. The number of ether oxygens (including phenoxy) is 1. The molecule has 1 aliphatic heterocycles. The molecular formula is C26H31N3O5. The molecule has 180 valence electrons. The van der Waals surface area contributed by atoms with E-state index < -0.39 is 35.5 Å². The Labute approximate surface area is 199 Å². The summed E-state index contributed by atoms with van der Waals surface area (Å²) in [5, 5.41) is 2.89. The van der Waals surface area contributed by atoms with Crippen molar-refractivity contribution < 1.29 is 23.9 Å². The van der Waals surface area contributed by atoms with Crippen LogP contribution in [0.5, 0.6) is 0 Å². The number of fused-ring (bicyclic) bond motifs is 1. The van der Waals surface area contributed by atoms with Crippen LogP contribution in [-0.4, -0.2) is 58.3 Å². The van der Waals surface area contributed by atoms with Gasteiger partial charge >= 0.3 is 12.0 Å². The molecular weight excluding hydrogens is 434 g/mol. The highest BCUT2D eigenvalue weighted by atomic mass is 16.6. The summed E-state index contributed by atoms with van der Waals surface area (Å²) in [4.78, 5) is 53.9. The molecule has 0 saturated heterocycles. The monoisotopic (exact) mass is 465 g/mol. The van der Waals surface area contributed by atoms with E-state index in [1.807, 2.05) is 37.3 Å². The zero-order chi connectivity index (χ0) is 25.0. The van der Waals surface area contributed by atoms with Crippen LogP contribution in [0.2, 0.25) is 0 Å². The minimum atomic E-state index is -0.718. The first-order chi connectivity index (χ1) is 16.0.